The molecule has 0 atom stereocenters. The number of amides is 1. The Morgan fingerprint density at radius 3 is 2.70 bits per heavy atom. The first-order chi connectivity index (χ1) is 9.59. The van der Waals surface area contributed by atoms with E-state index in [-0.39, 0.29) is 10.6 Å². The summed E-state index contributed by atoms with van der Waals surface area (Å²) in [5.74, 6) is -0.999. The molecule has 4 nitrogen and oxygen atoms in total. The van der Waals surface area contributed by atoms with Crippen molar-refractivity contribution in [2.75, 3.05) is 5.73 Å². The van der Waals surface area contributed by atoms with Gasteiger partial charge in [0.2, 0.25) is 0 Å². The van der Waals surface area contributed by atoms with Crippen molar-refractivity contribution in [3.63, 3.8) is 0 Å². The van der Waals surface area contributed by atoms with Crippen LogP contribution in [-0.4, -0.2) is 12.1 Å². The summed E-state index contributed by atoms with van der Waals surface area (Å²) >= 11 is 5.82. The molecular formula is C14H11ClFN3O. The molecule has 2 aromatic carbocycles. The summed E-state index contributed by atoms with van der Waals surface area (Å²) in [5.41, 5.74) is 8.67. The van der Waals surface area contributed by atoms with Gasteiger partial charge in [-0.3, -0.25) is 4.79 Å². The van der Waals surface area contributed by atoms with E-state index in [9.17, 15) is 9.18 Å². The van der Waals surface area contributed by atoms with Crippen molar-refractivity contribution in [3.05, 3.63) is 64.4 Å². The molecule has 1 amide bonds. The van der Waals surface area contributed by atoms with Gasteiger partial charge >= 0.3 is 0 Å². The molecule has 0 heterocycles. The number of rotatable bonds is 3. The molecule has 0 spiro atoms. The third-order valence-corrected chi connectivity index (χ3v) is 2.89. The topological polar surface area (TPSA) is 67.5 Å². The van der Waals surface area contributed by atoms with Crippen LogP contribution in [0.15, 0.2) is 47.6 Å². The molecule has 0 saturated heterocycles. The third-order valence-electron chi connectivity index (χ3n) is 2.56. The lowest BCUT2D eigenvalue weighted by atomic mass is 10.2. The predicted molar refractivity (Wildman–Crippen MR) is 77.3 cm³/mol. The van der Waals surface area contributed by atoms with Crippen LogP contribution in [0.25, 0.3) is 0 Å². The maximum atomic E-state index is 13.5. The first-order valence-corrected chi connectivity index (χ1v) is 6.09. The minimum Gasteiger partial charge on any atom is -0.398 e. The highest BCUT2D eigenvalue weighted by atomic mass is 35.5. The van der Waals surface area contributed by atoms with Crippen LogP contribution in [0.3, 0.4) is 0 Å². The molecule has 0 saturated carbocycles. The Bertz CT molecular complexity index is 653. The molecule has 0 aromatic heterocycles. The number of carbonyl (C=O) groups excluding carboxylic acids is 1. The van der Waals surface area contributed by atoms with E-state index in [1.54, 1.807) is 24.3 Å². The zero-order valence-corrected chi connectivity index (χ0v) is 11.1. The number of carbonyl (C=O) groups is 1. The van der Waals surface area contributed by atoms with E-state index < -0.39 is 11.7 Å². The number of nitrogens with zero attached hydrogens (tertiary/aromatic N) is 1. The highest BCUT2D eigenvalue weighted by Gasteiger charge is 2.08. The van der Waals surface area contributed by atoms with Crippen molar-refractivity contribution in [1.82, 2.24) is 5.43 Å². The zero-order chi connectivity index (χ0) is 14.5. The van der Waals surface area contributed by atoms with Gasteiger partial charge in [-0.25, -0.2) is 9.82 Å². The number of nitrogen functional groups attached to an aromatic ring is 1. The van der Waals surface area contributed by atoms with Gasteiger partial charge in [0.05, 0.1) is 16.8 Å². The summed E-state index contributed by atoms with van der Waals surface area (Å²) in [6, 6.07) is 10.8. The monoisotopic (exact) mass is 291 g/mol. The van der Waals surface area contributed by atoms with Crippen molar-refractivity contribution in [2.24, 2.45) is 5.10 Å². The number of hydrazone groups is 1. The average molecular weight is 292 g/mol. The number of anilines is 1. The molecule has 0 radical (unpaired) electrons. The lowest BCUT2D eigenvalue weighted by molar-refractivity contribution is 0.0956. The molecule has 0 aliphatic carbocycles. The largest absolute Gasteiger partial charge is 0.398 e. The van der Waals surface area contributed by atoms with Crippen molar-refractivity contribution >= 4 is 29.4 Å². The lowest BCUT2D eigenvalue weighted by Gasteiger charge is -2.03. The molecule has 102 valence electrons. The molecule has 0 bridgehead atoms. The molecule has 0 fully saturated rings. The summed E-state index contributed by atoms with van der Waals surface area (Å²) in [4.78, 5) is 11.8. The number of hydrogen-bond donors (Lipinski definition) is 2. The number of nitrogens with two attached hydrogens (primary N) is 1. The second-order valence-corrected chi connectivity index (χ2v) is 4.33. The third kappa shape index (κ3) is 3.13. The summed E-state index contributed by atoms with van der Waals surface area (Å²) < 4.78 is 13.5. The first-order valence-electron chi connectivity index (χ1n) is 5.71. The Hall–Kier alpha value is -2.40. The van der Waals surface area contributed by atoms with Crippen LogP contribution in [-0.2, 0) is 0 Å². The average Bonchev–Trinajstić information content (AvgIpc) is 2.42. The zero-order valence-electron chi connectivity index (χ0n) is 10.3. The summed E-state index contributed by atoms with van der Waals surface area (Å²) in [6.07, 6.45) is 1.15. The van der Waals surface area contributed by atoms with E-state index in [4.69, 9.17) is 17.3 Å². The standard InChI is InChI=1S/C14H11ClFN3O/c15-11-5-3-6-12(16)10(11)8-18-19-14(20)9-4-1-2-7-13(9)17/h1-8H,17H2,(H,19,20)/b18-8-. The van der Waals surface area contributed by atoms with E-state index in [0.29, 0.717) is 11.3 Å². The van der Waals surface area contributed by atoms with Gasteiger partial charge in [-0.05, 0) is 24.3 Å². The van der Waals surface area contributed by atoms with Crippen molar-refractivity contribution in [2.45, 2.75) is 0 Å². The normalized spacial score (nSPS) is 10.7. The second kappa shape index (κ2) is 6.16. The maximum Gasteiger partial charge on any atom is 0.273 e. The van der Waals surface area contributed by atoms with Crippen LogP contribution in [0.2, 0.25) is 5.02 Å². The fourth-order valence-corrected chi connectivity index (χ4v) is 1.77. The van der Waals surface area contributed by atoms with Crippen LogP contribution in [0.4, 0.5) is 10.1 Å². The van der Waals surface area contributed by atoms with Crippen molar-refractivity contribution in [3.8, 4) is 0 Å². The lowest BCUT2D eigenvalue weighted by Crippen LogP contribution is -2.19. The van der Waals surface area contributed by atoms with Crippen LogP contribution in [0, 0.1) is 5.82 Å². The Kier molecular flexibility index (Phi) is 4.32. The second-order valence-electron chi connectivity index (χ2n) is 3.92. The molecule has 0 aliphatic heterocycles. The fraction of sp³-hybridized carbons (Fsp3) is 0. The quantitative estimate of drug-likeness (QED) is 0.519. The summed E-state index contributed by atoms with van der Waals surface area (Å²) in [7, 11) is 0. The smallest absolute Gasteiger partial charge is 0.273 e. The van der Waals surface area contributed by atoms with Gasteiger partial charge < -0.3 is 5.73 Å². The van der Waals surface area contributed by atoms with E-state index in [0.717, 1.165) is 6.21 Å². The fourth-order valence-electron chi connectivity index (χ4n) is 1.55. The van der Waals surface area contributed by atoms with Crippen molar-refractivity contribution in [1.29, 1.82) is 0 Å². The van der Waals surface area contributed by atoms with Gasteiger partial charge in [0.1, 0.15) is 5.82 Å². The number of halogens is 2. The molecule has 2 rings (SSSR count). The van der Waals surface area contributed by atoms with Crippen LogP contribution in [0.1, 0.15) is 15.9 Å². The molecule has 20 heavy (non-hydrogen) atoms. The number of hydrogen-bond acceptors (Lipinski definition) is 3. The molecule has 3 N–H and O–H groups in total. The van der Waals surface area contributed by atoms with Crippen LogP contribution < -0.4 is 11.2 Å². The van der Waals surface area contributed by atoms with E-state index in [1.165, 1.54) is 18.2 Å². The van der Waals surface area contributed by atoms with E-state index in [1.807, 2.05) is 0 Å². The van der Waals surface area contributed by atoms with Crippen LogP contribution >= 0.6 is 11.6 Å². The molecular weight excluding hydrogens is 281 g/mol. The predicted octanol–water partition coefficient (Wildman–Crippen LogP) is 2.83. The van der Waals surface area contributed by atoms with E-state index >= 15 is 0 Å². The first kappa shape index (κ1) is 14.0. The van der Waals surface area contributed by atoms with Gasteiger partial charge in [-0.2, -0.15) is 5.10 Å². The molecule has 0 unspecified atom stereocenters. The highest BCUT2D eigenvalue weighted by molar-refractivity contribution is 6.33. The Morgan fingerprint density at radius 1 is 1.25 bits per heavy atom. The Balaban J connectivity index is 2.11. The van der Waals surface area contributed by atoms with Gasteiger partial charge in [-0.1, -0.05) is 29.8 Å². The van der Waals surface area contributed by atoms with Gasteiger partial charge in [0, 0.05) is 11.3 Å². The number of para-hydroxylation sites is 1. The molecule has 0 aliphatic rings. The molecule has 2 aromatic rings. The Labute approximate surface area is 120 Å². The van der Waals surface area contributed by atoms with Gasteiger partial charge in [0.15, 0.2) is 0 Å². The Morgan fingerprint density at radius 2 is 2.00 bits per heavy atom. The number of benzene rings is 2. The van der Waals surface area contributed by atoms with Gasteiger partial charge in [0.25, 0.3) is 5.91 Å². The highest BCUT2D eigenvalue weighted by Crippen LogP contribution is 2.16. The summed E-state index contributed by atoms with van der Waals surface area (Å²) in [5, 5.41) is 3.89. The van der Waals surface area contributed by atoms with Crippen LogP contribution in [0.5, 0.6) is 0 Å². The summed E-state index contributed by atoms with van der Waals surface area (Å²) in [6.45, 7) is 0. The van der Waals surface area contributed by atoms with Crippen molar-refractivity contribution < 1.29 is 9.18 Å². The van der Waals surface area contributed by atoms with E-state index in [2.05, 4.69) is 10.5 Å². The van der Waals surface area contributed by atoms with Gasteiger partial charge in [-0.15, -0.1) is 0 Å². The number of nitrogens with one attached hydrogen (secondary N) is 1. The maximum absolute atomic E-state index is 13.5. The molecule has 6 heteroatoms. The minimum absolute atomic E-state index is 0.107. The minimum atomic E-state index is -0.519. The SMILES string of the molecule is Nc1ccccc1C(=O)N/N=C\c1c(F)cccc1Cl.